The van der Waals surface area contributed by atoms with Crippen molar-refractivity contribution in [3.05, 3.63) is 11.7 Å². The molecule has 96 valence electrons. The highest BCUT2D eigenvalue weighted by Crippen LogP contribution is 2.20. The van der Waals surface area contributed by atoms with Gasteiger partial charge in [0.2, 0.25) is 11.8 Å². The van der Waals surface area contributed by atoms with Gasteiger partial charge in [-0.1, -0.05) is 25.9 Å². The molecule has 0 aromatic carbocycles. The lowest BCUT2D eigenvalue weighted by Gasteiger charge is -2.11. The van der Waals surface area contributed by atoms with Crippen molar-refractivity contribution in [2.75, 3.05) is 6.54 Å². The molecule has 0 bridgehead atoms. The van der Waals surface area contributed by atoms with Gasteiger partial charge in [-0.25, -0.2) is 0 Å². The number of carbonyl (C=O) groups is 1. The van der Waals surface area contributed by atoms with E-state index in [9.17, 15) is 4.79 Å². The van der Waals surface area contributed by atoms with E-state index in [1.54, 1.807) is 6.92 Å². The highest BCUT2D eigenvalue weighted by molar-refractivity contribution is 5.76. The van der Waals surface area contributed by atoms with Crippen molar-refractivity contribution in [3.63, 3.8) is 0 Å². The summed E-state index contributed by atoms with van der Waals surface area (Å²) < 4.78 is 5.12. The number of hydrogen-bond acceptors (Lipinski definition) is 5. The maximum absolute atomic E-state index is 11.3. The van der Waals surface area contributed by atoms with Crippen LogP contribution in [0.1, 0.15) is 51.9 Å². The number of rotatable bonds is 4. The molecule has 0 radical (unpaired) electrons. The van der Waals surface area contributed by atoms with Gasteiger partial charge in [0, 0.05) is 18.4 Å². The summed E-state index contributed by atoms with van der Waals surface area (Å²) in [6, 6.07) is -0.294. The van der Waals surface area contributed by atoms with Crippen molar-refractivity contribution in [2.24, 2.45) is 5.73 Å². The van der Waals surface area contributed by atoms with Gasteiger partial charge in [-0.2, -0.15) is 4.98 Å². The highest BCUT2D eigenvalue weighted by atomic mass is 16.5. The second-order valence-corrected chi connectivity index (χ2v) is 5.03. The van der Waals surface area contributed by atoms with Gasteiger partial charge in [0.05, 0.1) is 0 Å². The molecule has 0 aliphatic carbocycles. The number of nitrogens with one attached hydrogen (secondary N) is 1. The number of aromatic nitrogens is 2. The number of nitrogens with two attached hydrogens (primary N) is 1. The molecule has 1 heterocycles. The summed E-state index contributed by atoms with van der Waals surface area (Å²) in [4.78, 5) is 15.6. The fourth-order valence-corrected chi connectivity index (χ4v) is 1.22. The average molecular weight is 240 g/mol. The van der Waals surface area contributed by atoms with Gasteiger partial charge in [-0.05, 0) is 6.92 Å². The van der Waals surface area contributed by atoms with Crippen molar-refractivity contribution in [3.8, 4) is 0 Å². The Hall–Kier alpha value is -1.43. The average Bonchev–Trinajstić information content (AvgIpc) is 2.65. The van der Waals surface area contributed by atoms with Crippen molar-refractivity contribution in [1.82, 2.24) is 15.5 Å². The van der Waals surface area contributed by atoms with Crippen molar-refractivity contribution in [2.45, 2.75) is 45.6 Å². The first-order chi connectivity index (χ1) is 7.84. The molecule has 0 fully saturated rings. The van der Waals surface area contributed by atoms with E-state index in [2.05, 4.69) is 15.5 Å². The Balaban J connectivity index is 2.67. The lowest BCUT2D eigenvalue weighted by atomic mass is 9.96. The van der Waals surface area contributed by atoms with E-state index in [4.69, 9.17) is 10.3 Å². The molecule has 0 aliphatic heterocycles. The van der Waals surface area contributed by atoms with Gasteiger partial charge in [-0.3, -0.25) is 4.79 Å². The first kappa shape index (κ1) is 13.6. The number of amides is 1. The molecule has 0 aliphatic rings. The van der Waals surface area contributed by atoms with Crippen LogP contribution in [0.15, 0.2) is 4.52 Å². The van der Waals surface area contributed by atoms with Gasteiger partial charge < -0.3 is 15.6 Å². The molecule has 1 aromatic rings. The molecule has 1 rings (SSSR count). The molecular weight excluding hydrogens is 220 g/mol. The van der Waals surface area contributed by atoms with Crippen LogP contribution in [0, 0.1) is 0 Å². The molecule has 0 saturated carbocycles. The highest BCUT2D eigenvalue weighted by Gasteiger charge is 2.23. The van der Waals surface area contributed by atoms with Gasteiger partial charge in [0.25, 0.3) is 0 Å². The third kappa shape index (κ3) is 3.81. The van der Waals surface area contributed by atoms with E-state index in [-0.39, 0.29) is 17.4 Å². The SMILES string of the molecule is CC(NC(=O)CCN)c1nc(C(C)(C)C)no1. The molecule has 0 saturated heterocycles. The van der Waals surface area contributed by atoms with Gasteiger partial charge >= 0.3 is 0 Å². The third-order valence-corrected chi connectivity index (χ3v) is 2.23. The summed E-state index contributed by atoms with van der Waals surface area (Å²) >= 11 is 0. The van der Waals surface area contributed by atoms with Crippen LogP contribution in [0.4, 0.5) is 0 Å². The Labute approximate surface area is 101 Å². The summed E-state index contributed by atoms with van der Waals surface area (Å²) in [6.07, 6.45) is 0.296. The van der Waals surface area contributed by atoms with Crippen LogP contribution in [0.25, 0.3) is 0 Å². The molecule has 1 unspecified atom stereocenters. The van der Waals surface area contributed by atoms with E-state index in [1.807, 2.05) is 20.8 Å². The van der Waals surface area contributed by atoms with Crippen LogP contribution in [0.3, 0.4) is 0 Å². The second-order valence-electron chi connectivity index (χ2n) is 5.03. The Kier molecular flexibility index (Phi) is 4.22. The number of carbonyl (C=O) groups excluding carboxylic acids is 1. The maximum Gasteiger partial charge on any atom is 0.248 e. The summed E-state index contributed by atoms with van der Waals surface area (Å²) in [6.45, 7) is 8.13. The predicted molar refractivity (Wildman–Crippen MR) is 63.2 cm³/mol. The van der Waals surface area contributed by atoms with E-state index < -0.39 is 0 Å². The normalized spacial score (nSPS) is 13.5. The lowest BCUT2D eigenvalue weighted by molar-refractivity contribution is -0.121. The topological polar surface area (TPSA) is 94.0 Å². The van der Waals surface area contributed by atoms with E-state index in [0.29, 0.717) is 24.7 Å². The fourth-order valence-electron chi connectivity index (χ4n) is 1.22. The Bertz CT molecular complexity index is 381. The Morgan fingerprint density at radius 2 is 2.18 bits per heavy atom. The minimum atomic E-state index is -0.294. The first-order valence-corrected chi connectivity index (χ1v) is 5.68. The minimum Gasteiger partial charge on any atom is -0.345 e. The van der Waals surface area contributed by atoms with Crippen LogP contribution in [-0.4, -0.2) is 22.6 Å². The minimum absolute atomic E-state index is 0.115. The monoisotopic (exact) mass is 240 g/mol. The quantitative estimate of drug-likeness (QED) is 0.815. The summed E-state index contributed by atoms with van der Waals surface area (Å²) in [7, 11) is 0. The van der Waals surface area contributed by atoms with Crippen LogP contribution in [-0.2, 0) is 10.2 Å². The zero-order chi connectivity index (χ0) is 13.1. The molecule has 3 N–H and O–H groups in total. The van der Waals surface area contributed by atoms with E-state index in [1.165, 1.54) is 0 Å². The van der Waals surface area contributed by atoms with Crippen molar-refractivity contribution in [1.29, 1.82) is 0 Å². The number of hydrogen-bond donors (Lipinski definition) is 2. The standard InChI is InChI=1S/C11H20N4O2/c1-7(13-8(16)5-6-12)9-14-10(15-17-9)11(2,3)4/h7H,5-6,12H2,1-4H3,(H,13,16). The first-order valence-electron chi connectivity index (χ1n) is 5.68. The van der Waals surface area contributed by atoms with Crippen LogP contribution in [0.5, 0.6) is 0 Å². The Morgan fingerprint density at radius 3 is 2.65 bits per heavy atom. The van der Waals surface area contributed by atoms with E-state index in [0.717, 1.165) is 0 Å². The molecule has 1 amide bonds. The Morgan fingerprint density at radius 1 is 1.53 bits per heavy atom. The molecule has 0 spiro atoms. The summed E-state index contributed by atoms with van der Waals surface area (Å²) in [5.74, 6) is 0.934. The van der Waals surface area contributed by atoms with Crippen LogP contribution < -0.4 is 11.1 Å². The zero-order valence-electron chi connectivity index (χ0n) is 10.8. The summed E-state index contributed by atoms with van der Waals surface area (Å²) in [5.41, 5.74) is 5.13. The van der Waals surface area contributed by atoms with Crippen LogP contribution in [0.2, 0.25) is 0 Å². The largest absolute Gasteiger partial charge is 0.345 e. The van der Waals surface area contributed by atoms with Crippen molar-refractivity contribution >= 4 is 5.91 Å². The smallest absolute Gasteiger partial charge is 0.248 e. The summed E-state index contributed by atoms with van der Waals surface area (Å²) in [5, 5.41) is 6.65. The maximum atomic E-state index is 11.3. The van der Waals surface area contributed by atoms with Gasteiger partial charge in [-0.15, -0.1) is 0 Å². The molecule has 6 heteroatoms. The fraction of sp³-hybridized carbons (Fsp3) is 0.727. The molecular formula is C11H20N4O2. The van der Waals surface area contributed by atoms with Gasteiger partial charge in [0.15, 0.2) is 5.82 Å². The van der Waals surface area contributed by atoms with Gasteiger partial charge in [0.1, 0.15) is 6.04 Å². The van der Waals surface area contributed by atoms with Crippen molar-refractivity contribution < 1.29 is 9.32 Å². The van der Waals surface area contributed by atoms with E-state index >= 15 is 0 Å². The number of nitrogens with zero attached hydrogens (tertiary/aromatic N) is 2. The second kappa shape index (κ2) is 5.27. The molecule has 6 nitrogen and oxygen atoms in total. The third-order valence-electron chi connectivity index (χ3n) is 2.23. The molecule has 17 heavy (non-hydrogen) atoms. The zero-order valence-corrected chi connectivity index (χ0v) is 10.8. The predicted octanol–water partition coefficient (Wildman–Crippen LogP) is 0.893. The lowest BCUT2D eigenvalue weighted by Crippen LogP contribution is -2.28. The van der Waals surface area contributed by atoms with Crippen LogP contribution >= 0.6 is 0 Å². The molecule has 1 atom stereocenters. The molecule has 1 aromatic heterocycles.